The zero-order chi connectivity index (χ0) is 38.2. The Labute approximate surface area is 333 Å². The van der Waals surface area contributed by atoms with E-state index in [1.807, 2.05) is 12.3 Å². The summed E-state index contributed by atoms with van der Waals surface area (Å²) in [4.78, 5) is 20.4. The van der Waals surface area contributed by atoms with E-state index in [-0.39, 0.29) is 0 Å². The molecule has 0 N–H and O–H groups in total. The highest BCUT2D eigenvalue weighted by Gasteiger charge is 2.19. The van der Waals surface area contributed by atoms with Crippen molar-refractivity contribution in [1.29, 1.82) is 0 Å². The van der Waals surface area contributed by atoms with Gasteiger partial charge < -0.3 is 4.57 Å². The number of pyridine rings is 1. The fraction of sp³-hybridized carbons (Fsp3) is 0. The fourth-order valence-corrected chi connectivity index (χ4v) is 8.62. The maximum Gasteiger partial charge on any atom is 0.164 e. The summed E-state index contributed by atoms with van der Waals surface area (Å²) >= 11 is 0. The molecule has 270 valence electrons. The molecule has 12 aromatic rings. The number of fused-ring (bicyclic) bond motifs is 8. The predicted octanol–water partition coefficient (Wildman–Crippen LogP) is 12.8. The molecule has 0 saturated carbocycles. The molecule has 0 aliphatic rings. The third-order valence-corrected chi connectivity index (χ3v) is 11.4. The molecule has 0 aliphatic heterocycles. The average molecular weight is 741 g/mol. The van der Waals surface area contributed by atoms with Crippen molar-refractivity contribution in [3.8, 4) is 45.5 Å². The predicted molar refractivity (Wildman–Crippen MR) is 238 cm³/mol. The van der Waals surface area contributed by atoms with E-state index in [2.05, 4.69) is 191 Å². The summed E-state index contributed by atoms with van der Waals surface area (Å²) in [6.45, 7) is 0. The van der Waals surface area contributed by atoms with Crippen molar-refractivity contribution in [2.75, 3.05) is 0 Å². The molecule has 0 atom stereocenters. The minimum atomic E-state index is 0.616. The Hall–Kier alpha value is -7.96. The molecular formula is C52H32N6. The van der Waals surface area contributed by atoms with Crippen LogP contribution in [0.5, 0.6) is 0 Å². The molecule has 0 unspecified atom stereocenters. The Kier molecular flexibility index (Phi) is 7.13. The van der Waals surface area contributed by atoms with Crippen molar-refractivity contribution in [2.45, 2.75) is 0 Å². The normalized spacial score (nSPS) is 11.8. The van der Waals surface area contributed by atoms with Gasteiger partial charge in [0.15, 0.2) is 17.5 Å². The molecule has 6 heteroatoms. The van der Waals surface area contributed by atoms with Gasteiger partial charge in [-0.05, 0) is 88.3 Å². The van der Waals surface area contributed by atoms with Crippen LogP contribution in [0.25, 0.3) is 111 Å². The first-order valence-electron chi connectivity index (χ1n) is 19.5. The Balaban J connectivity index is 1.08. The summed E-state index contributed by atoms with van der Waals surface area (Å²) in [6.07, 6.45) is 1.87. The van der Waals surface area contributed by atoms with Gasteiger partial charge in [-0.15, -0.1) is 0 Å². The second kappa shape index (κ2) is 12.8. The van der Waals surface area contributed by atoms with Crippen LogP contribution in [0.1, 0.15) is 0 Å². The molecule has 0 amide bonds. The first kappa shape index (κ1) is 32.3. The fourth-order valence-electron chi connectivity index (χ4n) is 8.62. The molecule has 6 nitrogen and oxygen atoms in total. The van der Waals surface area contributed by atoms with Gasteiger partial charge in [0, 0.05) is 55.8 Å². The van der Waals surface area contributed by atoms with Crippen LogP contribution in [0.15, 0.2) is 194 Å². The van der Waals surface area contributed by atoms with Gasteiger partial charge in [-0.3, -0.25) is 4.57 Å². The quantitative estimate of drug-likeness (QED) is 0.176. The van der Waals surface area contributed by atoms with E-state index in [4.69, 9.17) is 19.9 Å². The largest absolute Gasteiger partial charge is 0.309 e. The van der Waals surface area contributed by atoms with E-state index in [0.29, 0.717) is 17.5 Å². The van der Waals surface area contributed by atoms with E-state index in [1.54, 1.807) is 0 Å². The molecule has 0 radical (unpaired) electrons. The summed E-state index contributed by atoms with van der Waals surface area (Å²) in [5, 5.41) is 9.23. The van der Waals surface area contributed by atoms with Crippen LogP contribution in [-0.4, -0.2) is 29.1 Å². The van der Waals surface area contributed by atoms with Gasteiger partial charge in [0.1, 0.15) is 5.65 Å². The molecule has 0 aliphatic carbocycles. The Morgan fingerprint density at radius 1 is 0.310 bits per heavy atom. The highest BCUT2D eigenvalue weighted by Crippen LogP contribution is 2.38. The first-order chi connectivity index (χ1) is 28.7. The lowest BCUT2D eigenvalue weighted by Gasteiger charge is -2.11. The van der Waals surface area contributed by atoms with Crippen LogP contribution in [-0.2, 0) is 0 Å². The summed E-state index contributed by atoms with van der Waals surface area (Å²) in [5.74, 6) is 1.88. The molecule has 58 heavy (non-hydrogen) atoms. The lowest BCUT2D eigenvalue weighted by molar-refractivity contribution is 1.07. The minimum Gasteiger partial charge on any atom is -0.309 e. The van der Waals surface area contributed by atoms with Crippen LogP contribution in [0, 0.1) is 0 Å². The van der Waals surface area contributed by atoms with Crippen molar-refractivity contribution in [3.63, 3.8) is 0 Å². The highest BCUT2D eigenvalue weighted by atomic mass is 15.1. The van der Waals surface area contributed by atoms with Crippen molar-refractivity contribution >= 4 is 65.3 Å². The molecule has 12 rings (SSSR count). The molecule has 0 fully saturated rings. The minimum absolute atomic E-state index is 0.616. The lowest BCUT2D eigenvalue weighted by atomic mass is 10.1. The molecule has 4 aromatic heterocycles. The number of hydrogen-bond acceptors (Lipinski definition) is 4. The van der Waals surface area contributed by atoms with Gasteiger partial charge in [0.2, 0.25) is 0 Å². The van der Waals surface area contributed by atoms with Gasteiger partial charge in [-0.2, -0.15) is 0 Å². The van der Waals surface area contributed by atoms with Crippen molar-refractivity contribution in [3.05, 3.63) is 194 Å². The first-order valence-corrected chi connectivity index (χ1v) is 19.5. The smallest absolute Gasteiger partial charge is 0.164 e. The monoisotopic (exact) mass is 740 g/mol. The zero-order valence-corrected chi connectivity index (χ0v) is 31.2. The van der Waals surface area contributed by atoms with Gasteiger partial charge in [-0.1, -0.05) is 121 Å². The SMILES string of the molecule is c1ccc(-n2c3ccc(-n4c5ccccc5c5cccnc54)cc3c3ccc(-c4nc(-c5ccc6ccccc6c5)nc(-c5ccc6ccccc6c5)n4)cc32)cc1. The van der Waals surface area contributed by atoms with Crippen LogP contribution in [0.4, 0.5) is 0 Å². The van der Waals surface area contributed by atoms with E-state index >= 15 is 0 Å². The van der Waals surface area contributed by atoms with Gasteiger partial charge >= 0.3 is 0 Å². The van der Waals surface area contributed by atoms with Gasteiger partial charge in [0.05, 0.1) is 16.6 Å². The molecular weight excluding hydrogens is 709 g/mol. The average Bonchev–Trinajstić information content (AvgIpc) is 3.81. The molecule has 4 heterocycles. The van der Waals surface area contributed by atoms with Crippen molar-refractivity contribution < 1.29 is 0 Å². The van der Waals surface area contributed by atoms with Gasteiger partial charge in [-0.25, -0.2) is 19.9 Å². The topological polar surface area (TPSA) is 61.4 Å². The third-order valence-electron chi connectivity index (χ3n) is 11.4. The second-order valence-corrected chi connectivity index (χ2v) is 14.8. The highest BCUT2D eigenvalue weighted by molar-refractivity contribution is 6.12. The van der Waals surface area contributed by atoms with Crippen LogP contribution >= 0.6 is 0 Å². The number of aromatic nitrogens is 6. The van der Waals surface area contributed by atoms with Crippen LogP contribution in [0.3, 0.4) is 0 Å². The van der Waals surface area contributed by atoms with E-state index in [0.717, 1.165) is 77.2 Å². The summed E-state index contributed by atoms with van der Waals surface area (Å²) < 4.78 is 4.62. The number of rotatable bonds is 5. The van der Waals surface area contributed by atoms with E-state index in [1.165, 1.54) is 16.2 Å². The number of benzene rings is 8. The third kappa shape index (κ3) is 5.12. The Morgan fingerprint density at radius 3 is 1.57 bits per heavy atom. The van der Waals surface area contributed by atoms with Crippen molar-refractivity contribution in [2.24, 2.45) is 0 Å². The molecule has 0 saturated heterocycles. The number of hydrogen-bond donors (Lipinski definition) is 0. The molecule has 0 bridgehead atoms. The zero-order valence-electron chi connectivity index (χ0n) is 31.2. The molecule has 8 aromatic carbocycles. The van der Waals surface area contributed by atoms with E-state index in [9.17, 15) is 0 Å². The van der Waals surface area contributed by atoms with Crippen molar-refractivity contribution in [1.82, 2.24) is 29.1 Å². The Morgan fingerprint density at radius 2 is 0.862 bits per heavy atom. The maximum absolute atomic E-state index is 5.20. The second-order valence-electron chi connectivity index (χ2n) is 14.8. The number of para-hydroxylation sites is 2. The van der Waals surface area contributed by atoms with Gasteiger partial charge in [0.25, 0.3) is 0 Å². The number of nitrogens with zero attached hydrogens (tertiary/aromatic N) is 6. The lowest BCUT2D eigenvalue weighted by Crippen LogP contribution is -2.00. The molecule has 0 spiro atoms. The van der Waals surface area contributed by atoms with Crippen LogP contribution < -0.4 is 0 Å². The Bertz CT molecular complexity index is 3430. The summed E-state index contributed by atoms with van der Waals surface area (Å²) in [6, 6.07) is 66.2. The standard InChI is InChI=1S/C52H32N6/c1-2-15-40(16-3-1)57-47-27-25-41(58-46-19-9-8-17-42(46)44-18-10-28-53-52(44)58)32-45(47)43-26-24-39(31-48(43)57)51-55-49(37-22-20-33-11-4-6-13-35(33)29-37)54-50(56-51)38-23-21-34-12-5-7-14-36(34)30-38/h1-32H. The summed E-state index contributed by atoms with van der Waals surface area (Å²) in [7, 11) is 0. The maximum atomic E-state index is 5.20. The van der Waals surface area contributed by atoms with Crippen LogP contribution in [0.2, 0.25) is 0 Å². The summed E-state index contributed by atoms with van der Waals surface area (Å²) in [5.41, 5.74) is 9.18. The van der Waals surface area contributed by atoms with E-state index < -0.39 is 0 Å².